The Hall–Kier alpha value is -3.47. The third kappa shape index (κ3) is 5.37. The van der Waals surface area contributed by atoms with Crippen LogP contribution in [0.5, 0.6) is 0 Å². The average molecular weight is 414 g/mol. The van der Waals surface area contributed by atoms with Gasteiger partial charge >= 0.3 is 0 Å². The lowest BCUT2D eigenvalue weighted by atomic mass is 9.94. The van der Waals surface area contributed by atoms with Crippen LogP contribution in [0.15, 0.2) is 79.1 Å². The fourth-order valence-corrected chi connectivity index (χ4v) is 4.05. The molecule has 2 amide bonds. The molecule has 0 radical (unpaired) electrons. The second-order valence-electron chi connectivity index (χ2n) is 7.97. The molecule has 1 N–H and O–H groups in total. The SMILES string of the molecule is O=C(NCc1cccnc1)C1CCN(C(=O)c2ccccc2Cc2ccccc2)CC1. The van der Waals surface area contributed by atoms with Gasteiger partial charge in [0, 0.05) is 43.5 Å². The molecule has 158 valence electrons. The fraction of sp³-hybridized carbons (Fsp3) is 0.269. The minimum absolute atomic E-state index is 0.0553. The number of benzene rings is 2. The number of likely N-dealkylation sites (tertiary alicyclic amines) is 1. The summed E-state index contributed by atoms with van der Waals surface area (Å²) in [4.78, 5) is 31.7. The van der Waals surface area contributed by atoms with Gasteiger partial charge in [-0.2, -0.15) is 0 Å². The summed E-state index contributed by atoms with van der Waals surface area (Å²) in [7, 11) is 0. The number of nitrogens with zero attached hydrogens (tertiary/aromatic N) is 2. The molecule has 1 aliphatic heterocycles. The van der Waals surface area contributed by atoms with Crippen molar-refractivity contribution < 1.29 is 9.59 Å². The van der Waals surface area contributed by atoms with Gasteiger partial charge in [-0.05, 0) is 48.1 Å². The number of amides is 2. The van der Waals surface area contributed by atoms with E-state index in [0.29, 0.717) is 32.5 Å². The number of hydrogen-bond donors (Lipinski definition) is 1. The Morgan fingerprint density at radius 2 is 1.61 bits per heavy atom. The first-order valence-corrected chi connectivity index (χ1v) is 10.8. The summed E-state index contributed by atoms with van der Waals surface area (Å²) in [6.45, 7) is 1.69. The van der Waals surface area contributed by atoms with E-state index in [9.17, 15) is 9.59 Å². The second-order valence-corrected chi connectivity index (χ2v) is 7.97. The first-order valence-electron chi connectivity index (χ1n) is 10.8. The number of hydrogen-bond acceptors (Lipinski definition) is 3. The summed E-state index contributed by atoms with van der Waals surface area (Å²) in [5.41, 5.74) is 3.96. The molecule has 4 rings (SSSR count). The summed E-state index contributed by atoms with van der Waals surface area (Å²) in [5.74, 6) is 0.0569. The number of pyridine rings is 1. The first-order chi connectivity index (χ1) is 15.2. The highest BCUT2D eigenvalue weighted by atomic mass is 16.2. The molecule has 5 heteroatoms. The maximum atomic E-state index is 13.2. The van der Waals surface area contributed by atoms with Gasteiger partial charge < -0.3 is 10.2 Å². The molecule has 0 spiro atoms. The van der Waals surface area contributed by atoms with E-state index >= 15 is 0 Å². The average Bonchev–Trinajstić information content (AvgIpc) is 2.84. The van der Waals surface area contributed by atoms with Crippen molar-refractivity contribution in [2.24, 2.45) is 5.92 Å². The number of piperidine rings is 1. The van der Waals surface area contributed by atoms with Crippen LogP contribution in [0, 0.1) is 5.92 Å². The van der Waals surface area contributed by atoms with Gasteiger partial charge in [-0.15, -0.1) is 0 Å². The zero-order valence-corrected chi connectivity index (χ0v) is 17.5. The van der Waals surface area contributed by atoms with E-state index in [4.69, 9.17) is 0 Å². The van der Waals surface area contributed by atoms with Gasteiger partial charge in [0.25, 0.3) is 5.91 Å². The van der Waals surface area contributed by atoms with Gasteiger partial charge in [0.2, 0.25) is 5.91 Å². The summed E-state index contributed by atoms with van der Waals surface area (Å²) < 4.78 is 0. The van der Waals surface area contributed by atoms with Crippen molar-refractivity contribution in [2.75, 3.05) is 13.1 Å². The summed E-state index contributed by atoms with van der Waals surface area (Å²) in [6.07, 6.45) is 5.58. The lowest BCUT2D eigenvalue weighted by Gasteiger charge is -2.32. The maximum Gasteiger partial charge on any atom is 0.254 e. The van der Waals surface area contributed by atoms with Gasteiger partial charge in [-0.1, -0.05) is 54.6 Å². The number of carbonyl (C=O) groups is 2. The third-order valence-electron chi connectivity index (χ3n) is 5.83. The second kappa shape index (κ2) is 10.0. The topological polar surface area (TPSA) is 62.3 Å². The molecule has 0 aliphatic carbocycles. The number of nitrogens with one attached hydrogen (secondary N) is 1. The molecule has 0 atom stereocenters. The summed E-state index contributed by atoms with van der Waals surface area (Å²) >= 11 is 0. The zero-order chi connectivity index (χ0) is 21.5. The van der Waals surface area contributed by atoms with E-state index in [0.717, 1.165) is 23.1 Å². The monoisotopic (exact) mass is 413 g/mol. The van der Waals surface area contributed by atoms with Crippen LogP contribution in [0.1, 0.15) is 39.9 Å². The maximum absolute atomic E-state index is 13.2. The molecule has 2 heterocycles. The van der Waals surface area contributed by atoms with Crippen molar-refractivity contribution in [1.29, 1.82) is 0 Å². The molecular formula is C26H27N3O2. The van der Waals surface area contributed by atoms with Crippen LogP contribution in [0.3, 0.4) is 0 Å². The highest BCUT2D eigenvalue weighted by molar-refractivity contribution is 5.96. The van der Waals surface area contributed by atoms with Gasteiger partial charge in [0.15, 0.2) is 0 Å². The van der Waals surface area contributed by atoms with Crippen LogP contribution in [0.4, 0.5) is 0 Å². The van der Waals surface area contributed by atoms with E-state index < -0.39 is 0 Å². The smallest absolute Gasteiger partial charge is 0.254 e. The largest absolute Gasteiger partial charge is 0.352 e. The van der Waals surface area contributed by atoms with E-state index in [1.165, 1.54) is 5.56 Å². The third-order valence-corrected chi connectivity index (χ3v) is 5.83. The van der Waals surface area contributed by atoms with Crippen LogP contribution in [-0.4, -0.2) is 34.8 Å². The molecule has 1 fully saturated rings. The predicted octanol–water partition coefficient (Wildman–Crippen LogP) is 3.84. The Labute approximate surface area is 183 Å². The minimum Gasteiger partial charge on any atom is -0.352 e. The first kappa shape index (κ1) is 20.8. The zero-order valence-electron chi connectivity index (χ0n) is 17.5. The minimum atomic E-state index is -0.0553. The molecule has 0 bridgehead atoms. The van der Waals surface area contributed by atoms with Crippen molar-refractivity contribution in [3.8, 4) is 0 Å². The van der Waals surface area contributed by atoms with Crippen LogP contribution >= 0.6 is 0 Å². The highest BCUT2D eigenvalue weighted by Gasteiger charge is 2.28. The summed E-state index contributed by atoms with van der Waals surface area (Å²) in [6, 6.07) is 21.8. The van der Waals surface area contributed by atoms with Gasteiger partial charge in [0.05, 0.1) is 0 Å². The highest BCUT2D eigenvalue weighted by Crippen LogP contribution is 2.22. The van der Waals surface area contributed by atoms with Crippen LogP contribution in [0.25, 0.3) is 0 Å². The Morgan fingerprint density at radius 1 is 0.903 bits per heavy atom. The van der Waals surface area contributed by atoms with Crippen molar-refractivity contribution in [2.45, 2.75) is 25.8 Å². The van der Waals surface area contributed by atoms with Gasteiger partial charge in [0.1, 0.15) is 0 Å². The van der Waals surface area contributed by atoms with E-state index in [1.807, 2.05) is 59.5 Å². The predicted molar refractivity (Wildman–Crippen MR) is 120 cm³/mol. The van der Waals surface area contributed by atoms with Gasteiger partial charge in [-0.25, -0.2) is 0 Å². The van der Waals surface area contributed by atoms with E-state index in [-0.39, 0.29) is 17.7 Å². The van der Waals surface area contributed by atoms with Crippen molar-refractivity contribution >= 4 is 11.8 Å². The standard InChI is InChI=1S/C26H27N3O2/c30-25(28-19-21-9-6-14-27-18-21)22-12-15-29(16-13-22)26(31)24-11-5-4-10-23(24)17-20-7-2-1-3-8-20/h1-11,14,18,22H,12-13,15-17,19H2,(H,28,30). The molecule has 1 saturated heterocycles. The number of aromatic nitrogens is 1. The Balaban J connectivity index is 1.34. The molecule has 1 aromatic heterocycles. The lowest BCUT2D eigenvalue weighted by Crippen LogP contribution is -2.43. The van der Waals surface area contributed by atoms with Crippen LogP contribution < -0.4 is 5.32 Å². The molecule has 3 aromatic rings. The quantitative estimate of drug-likeness (QED) is 0.668. The van der Waals surface area contributed by atoms with Crippen LogP contribution in [0.2, 0.25) is 0 Å². The normalized spacial score (nSPS) is 14.3. The van der Waals surface area contributed by atoms with Crippen molar-refractivity contribution in [3.63, 3.8) is 0 Å². The molecule has 0 unspecified atom stereocenters. The molecule has 1 aliphatic rings. The molecule has 2 aromatic carbocycles. The van der Waals surface area contributed by atoms with E-state index in [2.05, 4.69) is 22.4 Å². The van der Waals surface area contributed by atoms with Gasteiger partial charge in [-0.3, -0.25) is 14.6 Å². The Morgan fingerprint density at radius 3 is 2.35 bits per heavy atom. The fourth-order valence-electron chi connectivity index (χ4n) is 4.05. The number of rotatable bonds is 6. The molecular weight excluding hydrogens is 386 g/mol. The van der Waals surface area contributed by atoms with Crippen LogP contribution in [-0.2, 0) is 17.8 Å². The Bertz CT molecular complexity index is 1010. The van der Waals surface area contributed by atoms with Crippen molar-refractivity contribution in [1.82, 2.24) is 15.2 Å². The van der Waals surface area contributed by atoms with Crippen molar-refractivity contribution in [3.05, 3.63) is 101 Å². The molecule has 0 saturated carbocycles. The number of carbonyl (C=O) groups excluding carboxylic acids is 2. The summed E-state index contributed by atoms with van der Waals surface area (Å²) in [5, 5.41) is 3.00. The molecule has 31 heavy (non-hydrogen) atoms. The lowest BCUT2D eigenvalue weighted by molar-refractivity contribution is -0.126. The van der Waals surface area contributed by atoms with E-state index in [1.54, 1.807) is 12.4 Å². The molecule has 5 nitrogen and oxygen atoms in total. The Kier molecular flexibility index (Phi) is 6.72.